The van der Waals surface area contributed by atoms with Crippen LogP contribution in [0.15, 0.2) is 22.7 Å². The van der Waals surface area contributed by atoms with E-state index in [2.05, 4.69) is 10.1 Å². The van der Waals surface area contributed by atoms with Crippen LogP contribution in [0.25, 0.3) is 0 Å². The van der Waals surface area contributed by atoms with Gasteiger partial charge in [0.1, 0.15) is 6.61 Å². The summed E-state index contributed by atoms with van der Waals surface area (Å²) in [6.45, 7) is 4.21. The quantitative estimate of drug-likeness (QED) is 0.454. The fraction of sp³-hybridized carbons (Fsp3) is 0.615. The van der Waals surface area contributed by atoms with Crippen LogP contribution < -0.4 is 0 Å². The lowest BCUT2D eigenvalue weighted by atomic mass is 10.1. The molecule has 2 heterocycles. The summed E-state index contributed by atoms with van der Waals surface area (Å²) >= 11 is 7.57. The smallest absolute Gasteiger partial charge is 0.185 e. The predicted molar refractivity (Wildman–Crippen MR) is 77.6 cm³/mol. The van der Waals surface area contributed by atoms with E-state index in [0.29, 0.717) is 11.8 Å². The van der Waals surface area contributed by atoms with Gasteiger partial charge in [-0.2, -0.15) is 0 Å². The molecule has 100 valence electrons. The van der Waals surface area contributed by atoms with Crippen molar-refractivity contribution in [2.75, 3.05) is 26.2 Å². The molecule has 18 heavy (non-hydrogen) atoms. The molecule has 1 aromatic heterocycles. The van der Waals surface area contributed by atoms with Gasteiger partial charge in [-0.05, 0) is 43.8 Å². The molecule has 0 amide bonds. The van der Waals surface area contributed by atoms with Crippen molar-refractivity contribution in [3.63, 3.8) is 0 Å². The molecule has 0 bridgehead atoms. The van der Waals surface area contributed by atoms with Crippen molar-refractivity contribution in [1.82, 2.24) is 4.90 Å². The highest BCUT2D eigenvalue weighted by Gasteiger charge is 2.09. The van der Waals surface area contributed by atoms with Crippen molar-refractivity contribution in [2.45, 2.75) is 25.7 Å². The topological polar surface area (TPSA) is 24.8 Å². The van der Waals surface area contributed by atoms with Crippen LogP contribution >= 0.6 is 22.9 Å². The first-order chi connectivity index (χ1) is 8.86. The van der Waals surface area contributed by atoms with Crippen LogP contribution in [0.1, 0.15) is 30.6 Å². The van der Waals surface area contributed by atoms with Crippen molar-refractivity contribution in [3.8, 4) is 0 Å². The van der Waals surface area contributed by atoms with E-state index in [1.54, 1.807) is 11.3 Å². The molecular weight excluding hydrogens is 268 g/mol. The van der Waals surface area contributed by atoms with Crippen molar-refractivity contribution < 1.29 is 4.84 Å². The van der Waals surface area contributed by atoms with E-state index in [-0.39, 0.29) is 0 Å². The highest BCUT2D eigenvalue weighted by Crippen LogP contribution is 2.13. The minimum absolute atomic E-state index is 0.447. The van der Waals surface area contributed by atoms with Crippen LogP contribution in [0.4, 0.5) is 0 Å². The second kappa shape index (κ2) is 7.77. The summed E-state index contributed by atoms with van der Waals surface area (Å²) in [4.78, 5) is 8.70. The first-order valence-electron chi connectivity index (χ1n) is 6.48. The van der Waals surface area contributed by atoms with Crippen LogP contribution in [0.5, 0.6) is 0 Å². The van der Waals surface area contributed by atoms with Gasteiger partial charge >= 0.3 is 0 Å². The Bertz CT molecular complexity index is 361. The molecule has 0 aliphatic carbocycles. The van der Waals surface area contributed by atoms with Crippen molar-refractivity contribution in [3.05, 3.63) is 22.4 Å². The fourth-order valence-corrected chi connectivity index (χ4v) is 2.92. The van der Waals surface area contributed by atoms with Crippen LogP contribution in [-0.4, -0.2) is 36.3 Å². The summed E-state index contributed by atoms with van der Waals surface area (Å²) in [7, 11) is 0. The summed E-state index contributed by atoms with van der Waals surface area (Å²) < 4.78 is 0. The average Bonchev–Trinajstić information content (AvgIpc) is 2.93. The molecule has 0 unspecified atom stereocenters. The Hall–Kier alpha value is -0.580. The molecule has 0 atom stereocenters. The molecule has 1 aliphatic rings. The normalized spacial score (nSPS) is 17.9. The Labute approximate surface area is 117 Å². The van der Waals surface area contributed by atoms with E-state index in [1.165, 1.54) is 32.4 Å². The van der Waals surface area contributed by atoms with E-state index < -0.39 is 0 Å². The fourth-order valence-electron chi connectivity index (χ4n) is 2.08. The van der Waals surface area contributed by atoms with Gasteiger partial charge in [-0.25, -0.2) is 0 Å². The lowest BCUT2D eigenvalue weighted by molar-refractivity contribution is 0.125. The number of hydrogen-bond donors (Lipinski definition) is 0. The van der Waals surface area contributed by atoms with E-state index >= 15 is 0 Å². The van der Waals surface area contributed by atoms with E-state index in [0.717, 1.165) is 17.8 Å². The van der Waals surface area contributed by atoms with Gasteiger partial charge in [-0.15, -0.1) is 11.3 Å². The maximum Gasteiger partial charge on any atom is 0.185 e. The lowest BCUT2D eigenvalue weighted by Gasteiger charge is -2.25. The summed E-state index contributed by atoms with van der Waals surface area (Å²) in [5.74, 6) is 0. The van der Waals surface area contributed by atoms with Gasteiger partial charge in [0.15, 0.2) is 5.17 Å². The van der Waals surface area contributed by atoms with Gasteiger partial charge in [0.05, 0.1) is 4.88 Å². The van der Waals surface area contributed by atoms with Crippen LogP contribution in [0.2, 0.25) is 0 Å². The molecule has 0 N–H and O–H groups in total. The zero-order valence-corrected chi connectivity index (χ0v) is 12.1. The third kappa shape index (κ3) is 4.59. The van der Waals surface area contributed by atoms with E-state index in [9.17, 15) is 0 Å². The molecule has 1 saturated heterocycles. The molecule has 1 aromatic rings. The van der Waals surface area contributed by atoms with E-state index in [4.69, 9.17) is 16.4 Å². The molecule has 0 saturated carbocycles. The summed E-state index contributed by atoms with van der Waals surface area (Å²) in [6, 6.07) is 3.89. The average molecular weight is 287 g/mol. The Kier molecular flexibility index (Phi) is 5.97. The monoisotopic (exact) mass is 286 g/mol. The lowest BCUT2D eigenvalue weighted by Crippen LogP contribution is -2.31. The number of hydrogen-bond acceptors (Lipinski definition) is 4. The van der Waals surface area contributed by atoms with Crippen molar-refractivity contribution in [1.29, 1.82) is 0 Å². The number of nitrogens with zero attached hydrogens (tertiary/aromatic N) is 2. The largest absolute Gasteiger partial charge is 0.395 e. The Morgan fingerprint density at radius 1 is 1.39 bits per heavy atom. The molecule has 1 aliphatic heterocycles. The summed E-state index contributed by atoms with van der Waals surface area (Å²) in [5, 5.41) is 6.35. The van der Waals surface area contributed by atoms with Crippen LogP contribution in [-0.2, 0) is 4.84 Å². The minimum atomic E-state index is 0.447. The van der Waals surface area contributed by atoms with Gasteiger partial charge in [0.2, 0.25) is 0 Å². The zero-order chi connectivity index (χ0) is 12.6. The van der Waals surface area contributed by atoms with Crippen molar-refractivity contribution >= 4 is 28.1 Å². The third-order valence-electron chi connectivity index (χ3n) is 3.03. The molecular formula is C13H19ClN2OS. The second-order valence-corrected chi connectivity index (χ2v) is 5.75. The third-order valence-corrected chi connectivity index (χ3v) is 4.29. The van der Waals surface area contributed by atoms with Gasteiger partial charge in [0, 0.05) is 6.54 Å². The SMILES string of the molecule is ClC(=NOCCCN1CCCCC1)c1cccs1. The molecule has 1 fully saturated rings. The first kappa shape index (κ1) is 13.8. The number of oxime groups is 1. The Balaban J connectivity index is 1.59. The van der Waals surface area contributed by atoms with E-state index in [1.807, 2.05) is 17.5 Å². The second-order valence-electron chi connectivity index (χ2n) is 4.45. The zero-order valence-electron chi connectivity index (χ0n) is 10.5. The molecule has 3 nitrogen and oxygen atoms in total. The first-order valence-corrected chi connectivity index (χ1v) is 7.74. The number of likely N-dealkylation sites (tertiary alicyclic amines) is 1. The van der Waals surface area contributed by atoms with Crippen LogP contribution in [0.3, 0.4) is 0 Å². The molecule has 5 heteroatoms. The van der Waals surface area contributed by atoms with Gasteiger partial charge in [-0.3, -0.25) is 0 Å². The molecule has 0 aromatic carbocycles. The predicted octanol–water partition coefficient (Wildman–Crippen LogP) is 3.54. The molecule has 2 rings (SSSR count). The number of halogens is 1. The number of thiophene rings is 1. The van der Waals surface area contributed by atoms with Gasteiger partial charge in [0.25, 0.3) is 0 Å². The highest BCUT2D eigenvalue weighted by molar-refractivity contribution is 7.14. The Morgan fingerprint density at radius 2 is 2.22 bits per heavy atom. The summed E-state index contributed by atoms with van der Waals surface area (Å²) in [5.41, 5.74) is 0. The van der Waals surface area contributed by atoms with Crippen molar-refractivity contribution in [2.24, 2.45) is 5.16 Å². The summed E-state index contributed by atoms with van der Waals surface area (Å²) in [6.07, 6.45) is 5.07. The maximum atomic E-state index is 6.00. The maximum absolute atomic E-state index is 6.00. The van der Waals surface area contributed by atoms with Crippen LogP contribution in [0, 0.1) is 0 Å². The number of piperidine rings is 1. The van der Waals surface area contributed by atoms with Gasteiger partial charge in [-0.1, -0.05) is 29.2 Å². The highest BCUT2D eigenvalue weighted by atomic mass is 35.5. The molecule has 0 radical (unpaired) electrons. The minimum Gasteiger partial charge on any atom is -0.395 e. The Morgan fingerprint density at radius 3 is 2.94 bits per heavy atom. The molecule has 0 spiro atoms. The standard InChI is InChI=1S/C13H19ClN2OS/c14-13(12-6-4-11-18-12)15-17-10-5-9-16-7-2-1-3-8-16/h4,6,11H,1-3,5,7-10H2. The van der Waals surface area contributed by atoms with Gasteiger partial charge < -0.3 is 9.74 Å². The number of rotatable bonds is 6.